The number of alkyl halides is 3. The Bertz CT molecular complexity index is 1050. The lowest BCUT2D eigenvalue weighted by molar-refractivity contribution is -0.131. The van der Waals surface area contributed by atoms with E-state index in [9.17, 15) is 22.8 Å². The summed E-state index contributed by atoms with van der Waals surface area (Å²) in [7, 11) is 1.59. The van der Waals surface area contributed by atoms with Crippen molar-refractivity contribution in [2.75, 3.05) is 26.7 Å². The number of carbonyl (C=O) groups excluding carboxylic acids is 2. The molecule has 0 aliphatic carbocycles. The van der Waals surface area contributed by atoms with Gasteiger partial charge in [0.15, 0.2) is 11.7 Å². The molecule has 190 valence electrons. The molecule has 1 aromatic rings. The Labute approximate surface area is 201 Å². The fraction of sp³-hybridized carbons (Fsp3) is 0.409. The maximum atomic E-state index is 12.8. The summed E-state index contributed by atoms with van der Waals surface area (Å²) >= 11 is 0. The van der Waals surface area contributed by atoms with E-state index >= 15 is 0 Å². The normalized spacial score (nSPS) is 16.6. The molecule has 13 heteroatoms. The summed E-state index contributed by atoms with van der Waals surface area (Å²) in [4.78, 5) is 34.9. The summed E-state index contributed by atoms with van der Waals surface area (Å²) in [5.41, 5.74) is 5.20. The van der Waals surface area contributed by atoms with Crippen molar-refractivity contribution in [2.24, 2.45) is 16.1 Å². The first-order valence-corrected chi connectivity index (χ1v) is 10.7. The molecule has 0 spiro atoms. The number of halogens is 3. The van der Waals surface area contributed by atoms with E-state index in [-0.39, 0.29) is 41.1 Å². The molecule has 0 unspecified atom stereocenters. The highest BCUT2D eigenvalue weighted by Gasteiger charge is 2.41. The van der Waals surface area contributed by atoms with Gasteiger partial charge in [-0.15, -0.1) is 0 Å². The summed E-state index contributed by atoms with van der Waals surface area (Å²) in [6.07, 6.45) is -0.00901. The van der Waals surface area contributed by atoms with Crippen LogP contribution in [-0.2, 0) is 4.79 Å². The van der Waals surface area contributed by atoms with Crippen molar-refractivity contribution in [3.63, 3.8) is 0 Å². The van der Waals surface area contributed by atoms with Crippen molar-refractivity contribution in [1.29, 1.82) is 5.41 Å². The maximum Gasteiger partial charge on any atom is 0.401 e. The predicted octanol–water partition coefficient (Wildman–Crippen LogP) is 1.80. The van der Waals surface area contributed by atoms with Gasteiger partial charge in [-0.2, -0.15) is 13.2 Å². The molecule has 35 heavy (non-hydrogen) atoms. The van der Waals surface area contributed by atoms with Gasteiger partial charge in [0.05, 0.1) is 12.2 Å². The molecule has 2 amide bonds. The predicted molar refractivity (Wildman–Crippen MR) is 126 cm³/mol. The van der Waals surface area contributed by atoms with E-state index in [1.807, 2.05) is 0 Å². The summed E-state index contributed by atoms with van der Waals surface area (Å²) < 4.78 is 36.8. The second kappa shape index (κ2) is 11.6. The zero-order valence-electron chi connectivity index (χ0n) is 19.7. The number of aromatic nitrogens is 1. The molecule has 0 saturated carbocycles. The first-order valence-electron chi connectivity index (χ1n) is 10.7. The van der Waals surface area contributed by atoms with Crippen molar-refractivity contribution < 1.29 is 22.8 Å². The molecular formula is C22H29F3N8O2. The lowest BCUT2D eigenvalue weighted by Gasteiger charge is -2.22. The highest BCUT2D eigenvalue weighted by molar-refractivity contribution is 6.10. The van der Waals surface area contributed by atoms with Gasteiger partial charge in [0.25, 0.3) is 5.91 Å². The van der Waals surface area contributed by atoms with Crippen LogP contribution in [0.2, 0.25) is 0 Å². The standard InChI is InChI=1S/C22H29F3N8O2/c1-21(2)7-8-33(20(21)35)18(27)16(12-28-3)32-19(34)15-5-4-6-17(31-15)30-11-14(9-26)10-29-13-22(23,24)25/h4-6,9,11-12,27-29H,7-8,10,13,26H2,1-3H3,(H,32,34)/b14-9?,16-12+,27-18?,30-11?. The third-order valence-corrected chi connectivity index (χ3v) is 5.04. The minimum atomic E-state index is -4.35. The number of rotatable bonds is 9. The highest BCUT2D eigenvalue weighted by Crippen LogP contribution is 2.31. The van der Waals surface area contributed by atoms with E-state index in [4.69, 9.17) is 11.1 Å². The Kier molecular flexibility index (Phi) is 9.12. The smallest absolute Gasteiger partial charge is 0.401 e. The van der Waals surface area contributed by atoms with E-state index in [1.165, 1.54) is 35.5 Å². The molecule has 0 aromatic carbocycles. The molecule has 1 aliphatic rings. The van der Waals surface area contributed by atoms with E-state index in [0.717, 1.165) is 6.20 Å². The average molecular weight is 495 g/mol. The number of carbonyl (C=O) groups is 2. The van der Waals surface area contributed by atoms with Crippen LogP contribution in [0.5, 0.6) is 0 Å². The van der Waals surface area contributed by atoms with E-state index in [1.54, 1.807) is 20.9 Å². The molecule has 1 aliphatic heterocycles. The molecule has 10 nitrogen and oxygen atoms in total. The number of aliphatic imine (C=N–C) groups is 1. The van der Waals surface area contributed by atoms with Crippen LogP contribution in [-0.4, -0.2) is 66.6 Å². The topological polar surface area (TPSA) is 149 Å². The molecule has 1 fully saturated rings. The van der Waals surface area contributed by atoms with Gasteiger partial charge in [-0.3, -0.25) is 19.9 Å². The molecule has 6 N–H and O–H groups in total. The molecule has 2 rings (SSSR count). The monoisotopic (exact) mass is 494 g/mol. The maximum absolute atomic E-state index is 12.8. The van der Waals surface area contributed by atoms with Gasteiger partial charge in [-0.25, -0.2) is 9.98 Å². The van der Waals surface area contributed by atoms with Crippen LogP contribution in [0.15, 0.2) is 46.9 Å². The van der Waals surface area contributed by atoms with Gasteiger partial charge in [0, 0.05) is 38.0 Å². The van der Waals surface area contributed by atoms with E-state index in [0.29, 0.717) is 13.0 Å². The number of pyridine rings is 1. The molecular weight excluding hydrogens is 465 g/mol. The largest absolute Gasteiger partial charge is 0.404 e. The average Bonchev–Trinajstić information content (AvgIpc) is 3.07. The quantitative estimate of drug-likeness (QED) is 0.261. The number of nitrogens with one attached hydrogen (secondary N) is 4. The Morgan fingerprint density at radius 1 is 1.37 bits per heavy atom. The summed E-state index contributed by atoms with van der Waals surface area (Å²) in [6, 6.07) is 4.47. The third kappa shape index (κ3) is 7.91. The Balaban J connectivity index is 2.09. The minimum absolute atomic E-state index is 0.0176. The number of amidine groups is 1. The van der Waals surface area contributed by atoms with Gasteiger partial charge < -0.3 is 21.7 Å². The number of nitrogens with two attached hydrogens (primary N) is 1. The molecule has 1 aromatic heterocycles. The number of likely N-dealkylation sites (tertiary alicyclic amines) is 1. The van der Waals surface area contributed by atoms with Gasteiger partial charge in [-0.1, -0.05) is 19.9 Å². The van der Waals surface area contributed by atoms with Crippen LogP contribution in [0.25, 0.3) is 0 Å². The molecule has 0 bridgehead atoms. The summed E-state index contributed by atoms with van der Waals surface area (Å²) in [5.74, 6) is -0.873. The molecule has 1 saturated heterocycles. The Hall–Kier alpha value is -3.74. The number of hydrogen-bond donors (Lipinski definition) is 5. The van der Waals surface area contributed by atoms with Crippen LogP contribution < -0.4 is 21.7 Å². The van der Waals surface area contributed by atoms with Crippen LogP contribution >= 0.6 is 0 Å². The first kappa shape index (κ1) is 27.5. The second-order valence-electron chi connectivity index (χ2n) is 8.34. The number of nitrogens with zero attached hydrogens (tertiary/aromatic N) is 3. The van der Waals surface area contributed by atoms with Crippen molar-refractivity contribution >= 4 is 29.7 Å². The Morgan fingerprint density at radius 3 is 2.66 bits per heavy atom. The highest BCUT2D eigenvalue weighted by atomic mass is 19.4. The zero-order chi connectivity index (χ0) is 26.2. The SMILES string of the molecule is CN/C=C(/NC(=O)c1cccc(N=CC(=CN)CNCC(F)(F)F)n1)C(=N)N1CCC(C)(C)C1=O. The van der Waals surface area contributed by atoms with Gasteiger partial charge in [-0.05, 0) is 30.3 Å². The molecule has 0 atom stereocenters. The third-order valence-electron chi connectivity index (χ3n) is 5.04. The Morgan fingerprint density at radius 2 is 2.09 bits per heavy atom. The van der Waals surface area contributed by atoms with Crippen LogP contribution in [0.1, 0.15) is 30.8 Å². The van der Waals surface area contributed by atoms with E-state index < -0.39 is 24.0 Å². The molecule has 0 radical (unpaired) electrons. The van der Waals surface area contributed by atoms with Gasteiger partial charge in [0.2, 0.25) is 5.91 Å². The van der Waals surface area contributed by atoms with Crippen LogP contribution in [0.4, 0.5) is 19.0 Å². The van der Waals surface area contributed by atoms with E-state index in [2.05, 4.69) is 25.9 Å². The lowest BCUT2D eigenvalue weighted by atomic mass is 9.92. The van der Waals surface area contributed by atoms with Crippen molar-refractivity contribution in [3.8, 4) is 0 Å². The summed E-state index contributed by atoms with van der Waals surface area (Å²) in [5, 5.41) is 16.0. The van der Waals surface area contributed by atoms with Crippen molar-refractivity contribution in [3.05, 3.63) is 47.6 Å². The van der Waals surface area contributed by atoms with Crippen LogP contribution in [0, 0.1) is 10.8 Å². The lowest BCUT2D eigenvalue weighted by Crippen LogP contribution is -2.41. The fourth-order valence-corrected chi connectivity index (χ4v) is 3.09. The number of hydrogen-bond acceptors (Lipinski definition) is 8. The van der Waals surface area contributed by atoms with Crippen molar-refractivity contribution in [2.45, 2.75) is 26.4 Å². The van der Waals surface area contributed by atoms with Gasteiger partial charge in [0.1, 0.15) is 5.69 Å². The summed E-state index contributed by atoms with van der Waals surface area (Å²) in [6.45, 7) is 2.63. The van der Waals surface area contributed by atoms with Crippen LogP contribution in [0.3, 0.4) is 0 Å². The minimum Gasteiger partial charge on any atom is -0.404 e. The number of amides is 2. The van der Waals surface area contributed by atoms with Gasteiger partial charge >= 0.3 is 6.18 Å². The fourth-order valence-electron chi connectivity index (χ4n) is 3.09. The first-order chi connectivity index (χ1) is 16.4. The second-order valence-corrected chi connectivity index (χ2v) is 8.34. The van der Waals surface area contributed by atoms with Crippen molar-refractivity contribution in [1.82, 2.24) is 25.8 Å². The zero-order valence-corrected chi connectivity index (χ0v) is 19.7. The molecule has 2 heterocycles.